The highest BCUT2D eigenvalue weighted by atomic mass is 32.2. The fourth-order valence-electron chi connectivity index (χ4n) is 2.34. The number of nitrogens with two attached hydrogens (primary N) is 1. The fourth-order valence-corrected chi connectivity index (χ4v) is 3.00. The summed E-state index contributed by atoms with van der Waals surface area (Å²) in [5.74, 6) is -0.111. The molecule has 0 amide bonds. The Labute approximate surface area is 129 Å². The Balaban J connectivity index is 2.34. The molecule has 0 radical (unpaired) electrons. The maximum atomic E-state index is 11.0. The van der Waals surface area contributed by atoms with Gasteiger partial charge < -0.3 is 5.32 Å². The number of hydrogen-bond acceptors (Lipinski definition) is 3. The molecule has 0 saturated heterocycles. The molecule has 4 nitrogen and oxygen atoms in total. The van der Waals surface area contributed by atoms with Gasteiger partial charge in [0, 0.05) is 11.7 Å². The fraction of sp³-hybridized carbons (Fsp3) is 0.625. The summed E-state index contributed by atoms with van der Waals surface area (Å²) in [6, 6.07) is 7.86. The summed E-state index contributed by atoms with van der Waals surface area (Å²) < 4.78 is 22.0. The quantitative estimate of drug-likeness (QED) is 0.648. The minimum Gasteiger partial charge on any atom is -0.383 e. The summed E-state index contributed by atoms with van der Waals surface area (Å²) in [4.78, 5) is 0. The van der Waals surface area contributed by atoms with Crippen LogP contribution < -0.4 is 10.5 Å². The van der Waals surface area contributed by atoms with Crippen LogP contribution in [0, 0.1) is 0 Å². The second-order valence-corrected chi connectivity index (χ2v) is 7.37. The average molecular weight is 312 g/mol. The van der Waals surface area contributed by atoms with Gasteiger partial charge in [0.1, 0.15) is 0 Å². The van der Waals surface area contributed by atoms with Crippen molar-refractivity contribution in [1.82, 2.24) is 0 Å². The summed E-state index contributed by atoms with van der Waals surface area (Å²) in [5, 5.41) is 8.47. The number of benzene rings is 1. The van der Waals surface area contributed by atoms with Gasteiger partial charge in [-0.25, -0.2) is 13.6 Å². The van der Waals surface area contributed by atoms with Crippen LogP contribution in [-0.2, 0) is 15.8 Å². The van der Waals surface area contributed by atoms with Gasteiger partial charge in [0.05, 0.1) is 5.75 Å². The molecule has 3 N–H and O–H groups in total. The van der Waals surface area contributed by atoms with Crippen LogP contribution in [-0.4, -0.2) is 14.5 Å². The zero-order valence-electron chi connectivity index (χ0n) is 13.1. The van der Waals surface area contributed by atoms with Crippen molar-refractivity contribution in [2.45, 2.75) is 64.2 Å². The topological polar surface area (TPSA) is 72.2 Å². The Hall–Kier alpha value is -1.07. The van der Waals surface area contributed by atoms with Gasteiger partial charge in [0.15, 0.2) is 0 Å². The van der Waals surface area contributed by atoms with Crippen molar-refractivity contribution >= 4 is 15.7 Å². The zero-order chi connectivity index (χ0) is 15.7. The summed E-state index contributed by atoms with van der Waals surface area (Å²) >= 11 is 0. The normalized spacial score (nSPS) is 13.1. The molecule has 1 atom stereocenters. The molecule has 0 bridgehead atoms. The maximum Gasteiger partial charge on any atom is 0.213 e. The third kappa shape index (κ3) is 8.73. The molecular weight excluding hydrogens is 284 g/mol. The molecule has 0 aromatic heterocycles. The standard InChI is InChI=1S/C16H28N2O2S/c1-3-4-5-6-7-8-14(2)18-16-11-9-15(10-12-16)13-21(17,19)20/h9-12,14,18H,3-8,13H2,1-2H3,(H2,17,19,20). The first kappa shape index (κ1) is 18.0. The van der Waals surface area contributed by atoms with Crippen molar-refractivity contribution in [2.75, 3.05) is 5.32 Å². The van der Waals surface area contributed by atoms with Gasteiger partial charge in [0.25, 0.3) is 0 Å². The summed E-state index contributed by atoms with van der Waals surface area (Å²) in [5.41, 5.74) is 1.74. The minimum absolute atomic E-state index is 0.111. The highest BCUT2D eigenvalue weighted by Crippen LogP contribution is 2.15. The molecule has 0 saturated carbocycles. The first-order valence-electron chi connectivity index (χ1n) is 7.76. The highest BCUT2D eigenvalue weighted by Gasteiger charge is 2.06. The Bertz CT molecular complexity index is 498. The van der Waals surface area contributed by atoms with Crippen LogP contribution in [0.15, 0.2) is 24.3 Å². The van der Waals surface area contributed by atoms with E-state index in [4.69, 9.17) is 5.14 Å². The second kappa shape index (κ2) is 9.05. The molecule has 0 aliphatic rings. The molecule has 0 heterocycles. The van der Waals surface area contributed by atoms with E-state index in [2.05, 4.69) is 19.2 Å². The number of rotatable bonds is 10. The zero-order valence-corrected chi connectivity index (χ0v) is 14.0. The maximum absolute atomic E-state index is 11.0. The molecular formula is C16H28N2O2S. The lowest BCUT2D eigenvalue weighted by Gasteiger charge is -2.15. The molecule has 120 valence electrons. The molecule has 0 aliphatic carbocycles. The van der Waals surface area contributed by atoms with Crippen LogP contribution in [0.25, 0.3) is 0 Å². The molecule has 21 heavy (non-hydrogen) atoms. The summed E-state index contributed by atoms with van der Waals surface area (Å²) in [6.45, 7) is 4.40. The van der Waals surface area contributed by atoms with Crippen molar-refractivity contribution in [3.05, 3.63) is 29.8 Å². The van der Waals surface area contributed by atoms with Gasteiger partial charge >= 0.3 is 0 Å². The Morgan fingerprint density at radius 3 is 2.29 bits per heavy atom. The van der Waals surface area contributed by atoms with Crippen LogP contribution in [0.1, 0.15) is 57.9 Å². The van der Waals surface area contributed by atoms with Crippen molar-refractivity contribution in [3.63, 3.8) is 0 Å². The lowest BCUT2D eigenvalue weighted by atomic mass is 10.1. The number of sulfonamides is 1. The van der Waals surface area contributed by atoms with E-state index in [9.17, 15) is 8.42 Å². The van der Waals surface area contributed by atoms with Gasteiger partial charge in [-0.3, -0.25) is 0 Å². The minimum atomic E-state index is -3.45. The summed E-state index contributed by atoms with van der Waals surface area (Å²) in [6.07, 6.45) is 7.63. The SMILES string of the molecule is CCCCCCCC(C)Nc1ccc(CS(N)(=O)=O)cc1. The third-order valence-corrected chi connectivity index (χ3v) is 4.21. The van der Waals surface area contributed by atoms with Gasteiger partial charge in [-0.05, 0) is 31.0 Å². The monoisotopic (exact) mass is 312 g/mol. The van der Waals surface area contributed by atoms with Gasteiger partial charge in [-0.2, -0.15) is 0 Å². The van der Waals surface area contributed by atoms with Crippen molar-refractivity contribution in [3.8, 4) is 0 Å². The van der Waals surface area contributed by atoms with E-state index in [1.807, 2.05) is 12.1 Å². The predicted octanol–water partition coefficient (Wildman–Crippen LogP) is 3.64. The first-order chi connectivity index (χ1) is 9.90. The van der Waals surface area contributed by atoms with E-state index in [0.29, 0.717) is 6.04 Å². The van der Waals surface area contributed by atoms with E-state index in [1.54, 1.807) is 12.1 Å². The third-order valence-electron chi connectivity index (χ3n) is 3.48. The number of primary sulfonamides is 1. The second-order valence-electron chi connectivity index (χ2n) is 5.75. The lowest BCUT2D eigenvalue weighted by molar-refractivity contribution is 0.578. The van der Waals surface area contributed by atoms with Gasteiger partial charge in [-0.15, -0.1) is 0 Å². The molecule has 0 spiro atoms. The van der Waals surface area contributed by atoms with Crippen LogP contribution in [0.3, 0.4) is 0 Å². The Kier molecular flexibility index (Phi) is 7.75. The van der Waals surface area contributed by atoms with E-state index in [1.165, 1.54) is 32.1 Å². The number of unbranched alkanes of at least 4 members (excludes halogenated alkanes) is 4. The smallest absolute Gasteiger partial charge is 0.213 e. The van der Waals surface area contributed by atoms with Gasteiger partial charge in [0.2, 0.25) is 10.0 Å². The van der Waals surface area contributed by atoms with Gasteiger partial charge in [-0.1, -0.05) is 51.2 Å². The van der Waals surface area contributed by atoms with Crippen molar-refractivity contribution < 1.29 is 8.42 Å². The molecule has 1 rings (SSSR count). The molecule has 0 fully saturated rings. The Morgan fingerprint density at radius 1 is 1.10 bits per heavy atom. The first-order valence-corrected chi connectivity index (χ1v) is 9.48. The number of hydrogen-bond donors (Lipinski definition) is 2. The van der Waals surface area contributed by atoms with Crippen molar-refractivity contribution in [1.29, 1.82) is 0 Å². The predicted molar refractivity (Wildman–Crippen MR) is 89.7 cm³/mol. The lowest BCUT2D eigenvalue weighted by Crippen LogP contribution is -2.16. The van der Waals surface area contributed by atoms with E-state index in [-0.39, 0.29) is 5.75 Å². The largest absolute Gasteiger partial charge is 0.383 e. The molecule has 1 aromatic carbocycles. The molecule has 1 unspecified atom stereocenters. The Morgan fingerprint density at radius 2 is 1.71 bits per heavy atom. The number of nitrogens with one attached hydrogen (secondary N) is 1. The molecule has 0 aliphatic heterocycles. The average Bonchev–Trinajstić information content (AvgIpc) is 2.39. The van der Waals surface area contributed by atoms with Crippen LogP contribution in [0.4, 0.5) is 5.69 Å². The van der Waals surface area contributed by atoms with Crippen LogP contribution >= 0.6 is 0 Å². The van der Waals surface area contributed by atoms with Crippen LogP contribution in [0.5, 0.6) is 0 Å². The van der Waals surface area contributed by atoms with Crippen molar-refractivity contribution in [2.24, 2.45) is 5.14 Å². The number of anilines is 1. The van der Waals surface area contributed by atoms with E-state index < -0.39 is 10.0 Å². The van der Waals surface area contributed by atoms with E-state index >= 15 is 0 Å². The molecule has 1 aromatic rings. The van der Waals surface area contributed by atoms with Crippen LogP contribution in [0.2, 0.25) is 0 Å². The molecule has 5 heteroatoms. The highest BCUT2D eigenvalue weighted by molar-refractivity contribution is 7.88. The van der Waals surface area contributed by atoms with E-state index in [0.717, 1.165) is 17.7 Å². The summed E-state index contributed by atoms with van der Waals surface area (Å²) in [7, 11) is -3.45.